The van der Waals surface area contributed by atoms with Crippen LogP contribution in [0.25, 0.3) is 0 Å². The summed E-state index contributed by atoms with van der Waals surface area (Å²) in [5.41, 5.74) is 2.12. The number of rotatable bonds is 5. The van der Waals surface area contributed by atoms with E-state index in [2.05, 4.69) is 26.0 Å². The van der Waals surface area contributed by atoms with E-state index >= 15 is 0 Å². The molecule has 0 bridgehead atoms. The van der Waals surface area contributed by atoms with Crippen LogP contribution >= 0.6 is 0 Å². The van der Waals surface area contributed by atoms with Crippen molar-refractivity contribution in [3.63, 3.8) is 0 Å². The molecule has 1 aliphatic rings. The van der Waals surface area contributed by atoms with Crippen LogP contribution in [0.1, 0.15) is 49.0 Å². The van der Waals surface area contributed by atoms with Gasteiger partial charge in [0.15, 0.2) is 5.78 Å². The monoisotopic (exact) mass is 246 g/mol. The minimum absolute atomic E-state index is 0.0619. The summed E-state index contributed by atoms with van der Waals surface area (Å²) < 4.78 is 5.61. The quantitative estimate of drug-likeness (QED) is 0.741. The van der Waals surface area contributed by atoms with Crippen LogP contribution in [0.3, 0.4) is 0 Å². The molecule has 0 aliphatic carbocycles. The van der Waals surface area contributed by atoms with Crippen LogP contribution in [-0.4, -0.2) is 18.5 Å². The lowest BCUT2D eigenvalue weighted by Crippen LogP contribution is -2.23. The molecule has 1 saturated heterocycles. The van der Waals surface area contributed by atoms with E-state index in [1.54, 1.807) is 0 Å². The van der Waals surface area contributed by atoms with Gasteiger partial charge in [-0.3, -0.25) is 4.79 Å². The molecule has 2 heteroatoms. The van der Waals surface area contributed by atoms with E-state index in [1.807, 2.05) is 12.1 Å². The van der Waals surface area contributed by atoms with Crippen molar-refractivity contribution in [1.82, 2.24) is 0 Å². The number of hydrogen-bond acceptors (Lipinski definition) is 2. The Bertz CT molecular complexity index is 411. The minimum atomic E-state index is 0.0619. The fourth-order valence-electron chi connectivity index (χ4n) is 2.73. The van der Waals surface area contributed by atoms with Crippen LogP contribution in [0.4, 0.5) is 0 Å². The second kappa shape index (κ2) is 6.14. The van der Waals surface area contributed by atoms with E-state index in [0.717, 1.165) is 37.9 Å². The van der Waals surface area contributed by atoms with Gasteiger partial charge in [-0.15, -0.1) is 0 Å². The number of ether oxygens (including phenoxy) is 1. The Morgan fingerprint density at radius 3 is 2.94 bits per heavy atom. The Hall–Kier alpha value is -1.15. The van der Waals surface area contributed by atoms with Crippen LogP contribution in [0.2, 0.25) is 0 Å². The van der Waals surface area contributed by atoms with Crippen LogP contribution < -0.4 is 0 Å². The van der Waals surface area contributed by atoms with Gasteiger partial charge in [-0.1, -0.05) is 38.5 Å². The normalized spacial score (nSPS) is 23.2. The predicted molar refractivity (Wildman–Crippen MR) is 72.9 cm³/mol. The molecule has 1 aliphatic heterocycles. The number of carbonyl (C=O) groups excluding carboxylic acids is 1. The maximum atomic E-state index is 12.5. The molecule has 1 fully saturated rings. The van der Waals surface area contributed by atoms with Crippen molar-refractivity contribution >= 4 is 5.78 Å². The molecule has 2 unspecified atom stereocenters. The average molecular weight is 246 g/mol. The standard InChI is InChI=1S/C16H22O2/c1-3-6-12-7-5-8-13(11-12)16(17)14-9-10-18-15(14)4-2/h5,7-8,11,14-15H,3-4,6,9-10H2,1-2H3. The van der Waals surface area contributed by atoms with Crippen molar-refractivity contribution in [2.45, 2.75) is 45.6 Å². The van der Waals surface area contributed by atoms with Gasteiger partial charge in [0.1, 0.15) is 0 Å². The van der Waals surface area contributed by atoms with Crippen molar-refractivity contribution in [2.24, 2.45) is 5.92 Å². The molecule has 0 spiro atoms. The van der Waals surface area contributed by atoms with Crippen molar-refractivity contribution in [1.29, 1.82) is 0 Å². The average Bonchev–Trinajstić information content (AvgIpc) is 2.87. The van der Waals surface area contributed by atoms with E-state index < -0.39 is 0 Å². The molecule has 2 nitrogen and oxygen atoms in total. The topological polar surface area (TPSA) is 26.3 Å². The molecule has 0 amide bonds. The number of ketones is 1. The number of hydrogen-bond donors (Lipinski definition) is 0. The first-order valence-corrected chi connectivity index (χ1v) is 7.01. The first kappa shape index (κ1) is 13.3. The summed E-state index contributed by atoms with van der Waals surface area (Å²) in [4.78, 5) is 12.5. The van der Waals surface area contributed by atoms with E-state index in [1.165, 1.54) is 5.56 Å². The van der Waals surface area contributed by atoms with E-state index in [-0.39, 0.29) is 17.8 Å². The molecule has 0 radical (unpaired) electrons. The molecule has 0 N–H and O–H groups in total. The second-order valence-corrected chi connectivity index (χ2v) is 5.03. The third-order valence-corrected chi connectivity index (χ3v) is 3.70. The fraction of sp³-hybridized carbons (Fsp3) is 0.562. The highest BCUT2D eigenvalue weighted by molar-refractivity contribution is 5.98. The van der Waals surface area contributed by atoms with Gasteiger partial charge in [0, 0.05) is 12.2 Å². The van der Waals surface area contributed by atoms with Gasteiger partial charge in [-0.05, 0) is 30.9 Å². The molecule has 1 aromatic rings. The zero-order valence-electron chi connectivity index (χ0n) is 11.3. The minimum Gasteiger partial charge on any atom is -0.377 e. The van der Waals surface area contributed by atoms with Gasteiger partial charge in [-0.25, -0.2) is 0 Å². The lowest BCUT2D eigenvalue weighted by atomic mass is 9.89. The summed E-state index contributed by atoms with van der Waals surface area (Å²) in [6, 6.07) is 8.08. The van der Waals surface area contributed by atoms with Gasteiger partial charge >= 0.3 is 0 Å². The summed E-state index contributed by atoms with van der Waals surface area (Å²) in [6.45, 7) is 4.97. The zero-order chi connectivity index (χ0) is 13.0. The third kappa shape index (κ3) is 2.81. The van der Waals surface area contributed by atoms with E-state index in [4.69, 9.17) is 4.74 Å². The van der Waals surface area contributed by atoms with Crippen LogP contribution in [0, 0.1) is 5.92 Å². The lowest BCUT2D eigenvalue weighted by molar-refractivity contribution is 0.0689. The second-order valence-electron chi connectivity index (χ2n) is 5.03. The Morgan fingerprint density at radius 2 is 2.22 bits per heavy atom. The number of carbonyl (C=O) groups is 1. The number of Topliss-reactive ketones (excluding diaryl/α,β-unsaturated/α-hetero) is 1. The summed E-state index contributed by atoms with van der Waals surface area (Å²) >= 11 is 0. The van der Waals surface area contributed by atoms with Crippen molar-refractivity contribution < 1.29 is 9.53 Å². The number of aryl methyl sites for hydroxylation is 1. The van der Waals surface area contributed by atoms with E-state index in [0.29, 0.717) is 0 Å². The Balaban J connectivity index is 2.15. The van der Waals surface area contributed by atoms with Crippen LogP contribution in [-0.2, 0) is 11.2 Å². The Kier molecular flexibility index (Phi) is 4.54. The molecule has 2 rings (SSSR count). The molecule has 98 valence electrons. The highest BCUT2D eigenvalue weighted by atomic mass is 16.5. The first-order valence-electron chi connectivity index (χ1n) is 7.01. The highest BCUT2D eigenvalue weighted by Crippen LogP contribution is 2.27. The largest absolute Gasteiger partial charge is 0.377 e. The molecule has 0 saturated carbocycles. The molecule has 2 atom stereocenters. The summed E-state index contributed by atoms with van der Waals surface area (Å²) in [7, 11) is 0. The number of benzene rings is 1. The SMILES string of the molecule is CCCc1cccc(C(=O)C2CCOC2CC)c1. The molecule has 18 heavy (non-hydrogen) atoms. The summed E-state index contributed by atoms with van der Waals surface area (Å²) in [6.07, 6.45) is 4.06. The van der Waals surface area contributed by atoms with Crippen LogP contribution in [0.5, 0.6) is 0 Å². The van der Waals surface area contributed by atoms with Crippen LogP contribution in [0.15, 0.2) is 24.3 Å². The first-order chi connectivity index (χ1) is 8.76. The molecule has 1 aromatic carbocycles. The Labute approximate surface area is 109 Å². The van der Waals surface area contributed by atoms with Crippen molar-refractivity contribution in [2.75, 3.05) is 6.61 Å². The van der Waals surface area contributed by atoms with Gasteiger partial charge in [0.2, 0.25) is 0 Å². The zero-order valence-corrected chi connectivity index (χ0v) is 11.3. The molecule has 1 heterocycles. The van der Waals surface area contributed by atoms with Crippen molar-refractivity contribution in [3.05, 3.63) is 35.4 Å². The Morgan fingerprint density at radius 1 is 1.39 bits per heavy atom. The summed E-state index contributed by atoms with van der Waals surface area (Å²) in [5.74, 6) is 0.323. The van der Waals surface area contributed by atoms with Gasteiger partial charge < -0.3 is 4.74 Å². The van der Waals surface area contributed by atoms with E-state index in [9.17, 15) is 4.79 Å². The molecular weight excluding hydrogens is 224 g/mol. The maximum Gasteiger partial charge on any atom is 0.168 e. The molecule has 0 aromatic heterocycles. The summed E-state index contributed by atoms with van der Waals surface area (Å²) in [5, 5.41) is 0. The van der Waals surface area contributed by atoms with Gasteiger partial charge in [0.25, 0.3) is 0 Å². The highest BCUT2D eigenvalue weighted by Gasteiger charge is 2.33. The van der Waals surface area contributed by atoms with Crippen molar-refractivity contribution in [3.8, 4) is 0 Å². The molecular formula is C16H22O2. The maximum absolute atomic E-state index is 12.5. The van der Waals surface area contributed by atoms with Gasteiger partial charge in [0.05, 0.1) is 12.0 Å². The lowest BCUT2D eigenvalue weighted by Gasteiger charge is -2.15. The smallest absolute Gasteiger partial charge is 0.168 e. The fourth-order valence-corrected chi connectivity index (χ4v) is 2.73. The van der Waals surface area contributed by atoms with Gasteiger partial charge in [-0.2, -0.15) is 0 Å². The predicted octanol–water partition coefficient (Wildman–Crippen LogP) is 3.64. The third-order valence-electron chi connectivity index (χ3n) is 3.70.